The predicted molar refractivity (Wildman–Crippen MR) is 81.3 cm³/mol. The molecule has 0 aliphatic carbocycles. The Hall–Kier alpha value is -1.03. The number of fused-ring (bicyclic) bond motifs is 2. The number of imidazole rings is 1. The molecule has 3 unspecified atom stereocenters. The molecule has 0 amide bonds. The minimum Gasteiger partial charge on any atom is -0.342 e. The number of rotatable bonds is 2. The van der Waals surface area contributed by atoms with E-state index in [0.29, 0.717) is 28.0 Å². The standard InChI is InChI=1S/C15H15Cl2N3/c16-11-3-1-8(5-12(11)17)14-7-18-15(20-14)10-6-9-2-4-13(10)19-9/h1,3,5,7,9-10,13,19H,2,4,6H2,(H,18,20). The molecular weight excluding hydrogens is 293 g/mol. The first kappa shape index (κ1) is 12.7. The highest BCUT2D eigenvalue weighted by Gasteiger charge is 2.41. The Morgan fingerprint density at radius 1 is 1.15 bits per heavy atom. The molecule has 2 aliphatic heterocycles. The van der Waals surface area contributed by atoms with E-state index < -0.39 is 0 Å². The van der Waals surface area contributed by atoms with Crippen molar-refractivity contribution in [3.8, 4) is 11.3 Å². The molecule has 20 heavy (non-hydrogen) atoms. The SMILES string of the molecule is Clc1ccc(-c2cnc(C3CC4CCC3N4)[nH]2)cc1Cl. The highest BCUT2D eigenvalue weighted by molar-refractivity contribution is 6.42. The van der Waals surface area contributed by atoms with Crippen LogP contribution < -0.4 is 5.32 Å². The molecule has 0 radical (unpaired) electrons. The first-order chi connectivity index (χ1) is 9.70. The summed E-state index contributed by atoms with van der Waals surface area (Å²) >= 11 is 12.0. The van der Waals surface area contributed by atoms with E-state index in [1.807, 2.05) is 24.4 Å². The molecule has 2 saturated heterocycles. The van der Waals surface area contributed by atoms with Crippen molar-refractivity contribution in [2.24, 2.45) is 0 Å². The van der Waals surface area contributed by atoms with Crippen molar-refractivity contribution < 1.29 is 0 Å². The highest BCUT2D eigenvalue weighted by atomic mass is 35.5. The zero-order valence-electron chi connectivity index (χ0n) is 10.9. The maximum absolute atomic E-state index is 6.07. The lowest BCUT2D eigenvalue weighted by Gasteiger charge is -2.17. The maximum atomic E-state index is 6.07. The van der Waals surface area contributed by atoms with Crippen LogP contribution in [0.4, 0.5) is 0 Å². The van der Waals surface area contributed by atoms with E-state index in [1.54, 1.807) is 0 Å². The van der Waals surface area contributed by atoms with Crippen LogP contribution in [0.15, 0.2) is 24.4 Å². The highest BCUT2D eigenvalue weighted by Crippen LogP contribution is 2.39. The van der Waals surface area contributed by atoms with Crippen LogP contribution >= 0.6 is 23.2 Å². The molecular formula is C15H15Cl2N3. The van der Waals surface area contributed by atoms with Crippen molar-refractivity contribution in [2.75, 3.05) is 0 Å². The smallest absolute Gasteiger partial charge is 0.111 e. The van der Waals surface area contributed by atoms with Gasteiger partial charge in [-0.1, -0.05) is 29.3 Å². The maximum Gasteiger partial charge on any atom is 0.111 e. The van der Waals surface area contributed by atoms with Gasteiger partial charge in [-0.2, -0.15) is 0 Å². The normalized spacial score (nSPS) is 28.2. The van der Waals surface area contributed by atoms with Crippen LogP contribution in [-0.4, -0.2) is 22.1 Å². The average molecular weight is 308 g/mol. The molecule has 0 saturated carbocycles. The van der Waals surface area contributed by atoms with Crippen molar-refractivity contribution in [3.05, 3.63) is 40.3 Å². The molecule has 0 spiro atoms. The van der Waals surface area contributed by atoms with Crippen molar-refractivity contribution in [3.63, 3.8) is 0 Å². The van der Waals surface area contributed by atoms with E-state index in [-0.39, 0.29) is 0 Å². The number of hydrogen-bond donors (Lipinski definition) is 2. The number of H-pyrrole nitrogens is 1. The minimum atomic E-state index is 0.519. The summed E-state index contributed by atoms with van der Waals surface area (Å²) in [4.78, 5) is 8.02. The molecule has 3 atom stereocenters. The molecule has 2 fully saturated rings. The lowest BCUT2D eigenvalue weighted by atomic mass is 9.89. The van der Waals surface area contributed by atoms with E-state index >= 15 is 0 Å². The van der Waals surface area contributed by atoms with E-state index in [1.165, 1.54) is 19.3 Å². The second-order valence-electron chi connectivity index (χ2n) is 5.70. The molecule has 104 valence electrons. The minimum absolute atomic E-state index is 0.519. The van der Waals surface area contributed by atoms with Crippen LogP contribution in [0.2, 0.25) is 10.0 Å². The van der Waals surface area contributed by atoms with Gasteiger partial charge in [-0.25, -0.2) is 4.98 Å². The third-order valence-electron chi connectivity index (χ3n) is 4.48. The Morgan fingerprint density at radius 3 is 2.75 bits per heavy atom. The summed E-state index contributed by atoms with van der Waals surface area (Å²) in [6.07, 6.45) is 5.65. The van der Waals surface area contributed by atoms with Gasteiger partial charge in [0.05, 0.1) is 21.9 Å². The number of benzene rings is 1. The Balaban J connectivity index is 1.63. The molecule has 2 N–H and O–H groups in total. The first-order valence-electron chi connectivity index (χ1n) is 6.97. The van der Waals surface area contributed by atoms with Gasteiger partial charge in [-0.05, 0) is 31.4 Å². The van der Waals surface area contributed by atoms with Crippen LogP contribution in [-0.2, 0) is 0 Å². The molecule has 2 aliphatic rings. The Labute approximate surface area is 127 Å². The van der Waals surface area contributed by atoms with E-state index in [2.05, 4.69) is 15.3 Å². The number of hydrogen-bond acceptors (Lipinski definition) is 2. The molecule has 4 rings (SSSR count). The van der Waals surface area contributed by atoms with Gasteiger partial charge in [-0.15, -0.1) is 0 Å². The number of halogens is 2. The number of aromatic amines is 1. The summed E-state index contributed by atoms with van der Waals surface area (Å²) in [7, 11) is 0. The van der Waals surface area contributed by atoms with Gasteiger partial charge in [0.2, 0.25) is 0 Å². The Morgan fingerprint density at radius 2 is 2.05 bits per heavy atom. The lowest BCUT2D eigenvalue weighted by molar-refractivity contribution is 0.490. The Bertz CT molecular complexity index is 652. The van der Waals surface area contributed by atoms with Crippen LogP contribution in [0, 0.1) is 0 Å². The van der Waals surface area contributed by atoms with Gasteiger partial charge < -0.3 is 10.3 Å². The molecule has 3 heterocycles. The van der Waals surface area contributed by atoms with Gasteiger partial charge in [0.15, 0.2) is 0 Å². The van der Waals surface area contributed by atoms with E-state index in [4.69, 9.17) is 23.2 Å². The van der Waals surface area contributed by atoms with Gasteiger partial charge >= 0.3 is 0 Å². The van der Waals surface area contributed by atoms with E-state index in [9.17, 15) is 0 Å². The zero-order chi connectivity index (χ0) is 13.7. The fourth-order valence-corrected chi connectivity index (χ4v) is 3.76. The summed E-state index contributed by atoms with van der Waals surface area (Å²) < 4.78 is 0. The van der Waals surface area contributed by atoms with Crippen molar-refractivity contribution in [2.45, 2.75) is 37.3 Å². The molecule has 5 heteroatoms. The van der Waals surface area contributed by atoms with Crippen LogP contribution in [0.3, 0.4) is 0 Å². The van der Waals surface area contributed by atoms with Gasteiger partial charge in [0.25, 0.3) is 0 Å². The third-order valence-corrected chi connectivity index (χ3v) is 5.22. The fraction of sp³-hybridized carbons (Fsp3) is 0.400. The first-order valence-corrected chi connectivity index (χ1v) is 7.72. The average Bonchev–Trinajstić information content (AvgIpc) is 3.16. The quantitative estimate of drug-likeness (QED) is 0.880. The topological polar surface area (TPSA) is 40.7 Å². The summed E-state index contributed by atoms with van der Waals surface area (Å²) in [5.41, 5.74) is 2.02. The van der Waals surface area contributed by atoms with E-state index in [0.717, 1.165) is 17.1 Å². The number of nitrogens with one attached hydrogen (secondary N) is 2. The number of nitrogens with zero attached hydrogens (tertiary/aromatic N) is 1. The van der Waals surface area contributed by atoms with Crippen LogP contribution in [0.25, 0.3) is 11.3 Å². The summed E-state index contributed by atoms with van der Waals surface area (Å²) in [5, 5.41) is 4.79. The second-order valence-corrected chi connectivity index (χ2v) is 6.52. The molecule has 2 bridgehead atoms. The van der Waals surface area contributed by atoms with Crippen LogP contribution in [0.5, 0.6) is 0 Å². The fourth-order valence-electron chi connectivity index (χ4n) is 3.46. The van der Waals surface area contributed by atoms with Crippen molar-refractivity contribution >= 4 is 23.2 Å². The molecule has 2 aromatic rings. The predicted octanol–water partition coefficient (Wildman–Crippen LogP) is 3.99. The summed E-state index contributed by atoms with van der Waals surface area (Å²) in [6, 6.07) is 6.93. The largest absolute Gasteiger partial charge is 0.342 e. The monoisotopic (exact) mass is 307 g/mol. The second kappa shape index (κ2) is 4.76. The molecule has 3 nitrogen and oxygen atoms in total. The lowest BCUT2D eigenvalue weighted by Crippen LogP contribution is -2.22. The Kier molecular flexibility index (Phi) is 3.02. The van der Waals surface area contributed by atoms with Crippen LogP contribution in [0.1, 0.15) is 31.0 Å². The van der Waals surface area contributed by atoms with Crippen molar-refractivity contribution in [1.82, 2.24) is 15.3 Å². The molecule has 1 aromatic carbocycles. The summed E-state index contributed by atoms with van der Waals surface area (Å²) in [6.45, 7) is 0. The van der Waals surface area contributed by atoms with Gasteiger partial charge in [0.1, 0.15) is 5.82 Å². The number of aromatic nitrogens is 2. The van der Waals surface area contributed by atoms with Crippen molar-refractivity contribution in [1.29, 1.82) is 0 Å². The van der Waals surface area contributed by atoms with Gasteiger partial charge in [-0.3, -0.25) is 0 Å². The molecule has 1 aromatic heterocycles. The third kappa shape index (κ3) is 2.05. The van der Waals surface area contributed by atoms with Gasteiger partial charge in [0, 0.05) is 23.6 Å². The summed E-state index contributed by atoms with van der Waals surface area (Å²) in [5.74, 6) is 1.61. The zero-order valence-corrected chi connectivity index (χ0v) is 12.4.